The number of ether oxygens (including phenoxy) is 6. The number of thiophene rings is 1. The van der Waals surface area contributed by atoms with Crippen LogP contribution in [0.2, 0.25) is 0 Å². The van der Waals surface area contributed by atoms with Crippen molar-refractivity contribution in [3.63, 3.8) is 0 Å². The maximum Gasteiger partial charge on any atom is 0.254 e. The molecule has 8 nitrogen and oxygen atoms in total. The molecule has 6 aromatic rings. The Morgan fingerprint density at radius 2 is 1.15 bits per heavy atom. The zero-order chi connectivity index (χ0) is 41.9. The number of anilines is 6. The Labute approximate surface area is 363 Å². The number of hydrogen-bond acceptors (Lipinski definition) is 9. The number of benzene rings is 5. The van der Waals surface area contributed by atoms with Crippen LogP contribution in [-0.2, 0) is 10.8 Å². The third kappa shape index (κ3) is 6.14. The number of fused-ring (bicyclic) bond motifs is 9. The van der Waals surface area contributed by atoms with E-state index in [-0.39, 0.29) is 17.5 Å². The summed E-state index contributed by atoms with van der Waals surface area (Å²) in [5.74, 6) is 4.75. The van der Waals surface area contributed by atoms with Gasteiger partial charge in [0.15, 0.2) is 34.5 Å². The summed E-state index contributed by atoms with van der Waals surface area (Å²) in [5.41, 5.74) is 13.8. The lowest BCUT2D eigenvalue weighted by molar-refractivity contribution is 0.296. The van der Waals surface area contributed by atoms with Gasteiger partial charge in [0.05, 0.1) is 56.0 Å². The number of rotatable bonds is 2. The van der Waals surface area contributed by atoms with Gasteiger partial charge in [-0.05, 0) is 106 Å². The lowest BCUT2D eigenvalue weighted by atomic mass is 9.33. The fraction of sp³-hybridized carbons (Fsp3) is 0.373. The van der Waals surface area contributed by atoms with Crippen molar-refractivity contribution in [2.75, 3.05) is 49.4 Å². The minimum atomic E-state index is -0.176. The molecule has 5 aliphatic rings. The summed E-state index contributed by atoms with van der Waals surface area (Å²) in [4.78, 5) is 5.01. The van der Waals surface area contributed by atoms with Crippen LogP contribution in [0.4, 0.5) is 33.4 Å². The summed E-state index contributed by atoms with van der Waals surface area (Å²) < 4.78 is 39.7. The van der Waals surface area contributed by atoms with E-state index >= 15 is 0 Å². The molecule has 0 unspecified atom stereocenters. The second-order valence-corrected chi connectivity index (χ2v) is 20.2. The second-order valence-electron chi connectivity index (χ2n) is 19.2. The quantitative estimate of drug-likeness (QED) is 0.160. The van der Waals surface area contributed by atoms with Crippen molar-refractivity contribution < 1.29 is 28.4 Å². The predicted molar refractivity (Wildman–Crippen MR) is 250 cm³/mol. The van der Waals surface area contributed by atoms with Crippen LogP contribution < -0.4 is 54.6 Å². The van der Waals surface area contributed by atoms with Crippen molar-refractivity contribution in [3.05, 3.63) is 89.0 Å². The van der Waals surface area contributed by atoms with E-state index in [2.05, 4.69) is 132 Å². The maximum atomic E-state index is 6.54. The zero-order valence-corrected chi connectivity index (χ0v) is 37.4. The van der Waals surface area contributed by atoms with Crippen molar-refractivity contribution in [3.8, 4) is 34.5 Å². The van der Waals surface area contributed by atoms with Crippen molar-refractivity contribution in [2.45, 2.75) is 85.5 Å². The Bertz CT molecular complexity index is 2780. The van der Waals surface area contributed by atoms with Gasteiger partial charge < -0.3 is 38.2 Å². The first-order chi connectivity index (χ1) is 29.3. The zero-order valence-electron chi connectivity index (χ0n) is 36.5. The summed E-state index contributed by atoms with van der Waals surface area (Å²) in [7, 11) is 0. The minimum absolute atomic E-state index is 0.0373. The largest absolute Gasteiger partial charge is 0.490 e. The van der Waals surface area contributed by atoms with Gasteiger partial charge in [-0.25, -0.2) is 0 Å². The normalized spacial score (nSPS) is 16.6. The van der Waals surface area contributed by atoms with Gasteiger partial charge in [-0.3, -0.25) is 0 Å². The van der Waals surface area contributed by atoms with Gasteiger partial charge >= 0.3 is 0 Å². The molecule has 0 amide bonds. The van der Waals surface area contributed by atoms with E-state index in [4.69, 9.17) is 28.4 Å². The Morgan fingerprint density at radius 3 is 1.84 bits per heavy atom. The molecule has 6 heterocycles. The molecule has 0 spiro atoms. The molecule has 1 aromatic heterocycles. The Morgan fingerprint density at radius 1 is 0.541 bits per heavy atom. The topological polar surface area (TPSA) is 61.9 Å². The first kappa shape index (κ1) is 38.4. The molecule has 0 radical (unpaired) electrons. The monoisotopic (exact) mass is 832 g/mol. The van der Waals surface area contributed by atoms with Gasteiger partial charge in [-0.2, -0.15) is 0 Å². The van der Waals surface area contributed by atoms with Crippen molar-refractivity contribution >= 4 is 78.0 Å². The Kier molecular flexibility index (Phi) is 8.84. The van der Waals surface area contributed by atoms with Gasteiger partial charge in [0.25, 0.3) is 6.71 Å². The molecule has 312 valence electrons. The molecule has 61 heavy (non-hydrogen) atoms. The van der Waals surface area contributed by atoms with E-state index in [0.29, 0.717) is 39.6 Å². The van der Waals surface area contributed by atoms with Crippen molar-refractivity contribution in [1.29, 1.82) is 0 Å². The molecule has 0 atom stereocenters. The number of aryl methyl sites for hydroxylation is 1. The molecule has 10 heteroatoms. The Balaban J connectivity index is 1.28. The fourth-order valence-corrected chi connectivity index (χ4v) is 11.1. The standard InChI is InChI=1S/C51H53BN2O6S/c1-29-22-43-48(60-21-11-20-59-43)30(2)47(29)54-38-25-32(51(6,7)8)24-37-46(38)52(45-34-23-31(50(3,4)5)12-15-44(34)61-49(45)54)35-27-41-42(58-19-10-18-57-41)28-36(35)53(37)33-13-14-39-40(26-33)56-17-9-16-55-39/h12-15,22-28H,9-11,16-21H2,1-8H3. The highest BCUT2D eigenvalue weighted by Gasteiger charge is 2.47. The van der Waals surface area contributed by atoms with Gasteiger partial charge in [-0.15, -0.1) is 11.3 Å². The summed E-state index contributed by atoms with van der Waals surface area (Å²) >= 11 is 1.88. The summed E-state index contributed by atoms with van der Waals surface area (Å²) in [6.45, 7) is 21.9. The minimum Gasteiger partial charge on any atom is -0.490 e. The van der Waals surface area contributed by atoms with E-state index < -0.39 is 0 Å². The Hall–Kier alpha value is -5.48. The highest BCUT2D eigenvalue weighted by Crippen LogP contribution is 2.54. The van der Waals surface area contributed by atoms with Crippen LogP contribution >= 0.6 is 11.3 Å². The molecule has 0 saturated heterocycles. The molecular formula is C51H53BN2O6S. The average Bonchev–Trinajstić information content (AvgIpc) is 3.48. The molecule has 0 aliphatic carbocycles. The second kappa shape index (κ2) is 14.0. The SMILES string of the molecule is Cc1cc2c(c(C)c1N1c3cc(C(C)(C)C)cc4c3B(c3cc5c(cc3N4c3ccc4c(c3)OCCCO4)OCCCO5)c3c1sc1ccc(C(C)(C)C)cc31)OCCCO2. The third-order valence-corrected chi connectivity index (χ3v) is 14.1. The lowest BCUT2D eigenvalue weighted by Crippen LogP contribution is -2.61. The molecule has 0 saturated carbocycles. The summed E-state index contributed by atoms with van der Waals surface area (Å²) in [5, 5.41) is 2.50. The third-order valence-electron chi connectivity index (χ3n) is 12.9. The van der Waals surface area contributed by atoms with Crippen molar-refractivity contribution in [1.82, 2.24) is 0 Å². The van der Waals surface area contributed by atoms with Crippen LogP contribution in [-0.4, -0.2) is 46.4 Å². The maximum absolute atomic E-state index is 6.54. The molecular weight excluding hydrogens is 779 g/mol. The van der Waals surface area contributed by atoms with E-state index in [1.807, 2.05) is 11.3 Å². The van der Waals surface area contributed by atoms with Crippen LogP contribution in [0, 0.1) is 13.8 Å². The van der Waals surface area contributed by atoms with E-state index in [1.54, 1.807) is 0 Å². The summed E-state index contributed by atoms with van der Waals surface area (Å²) in [6.07, 6.45) is 2.51. The van der Waals surface area contributed by atoms with Gasteiger partial charge in [0.1, 0.15) is 0 Å². The molecule has 0 N–H and O–H groups in total. The van der Waals surface area contributed by atoms with Crippen LogP contribution in [0.25, 0.3) is 10.1 Å². The van der Waals surface area contributed by atoms with E-state index in [0.717, 1.165) is 87.6 Å². The predicted octanol–water partition coefficient (Wildman–Crippen LogP) is 10.7. The highest BCUT2D eigenvalue weighted by atomic mass is 32.1. The fourth-order valence-electron chi connectivity index (χ4n) is 9.83. The van der Waals surface area contributed by atoms with Crippen LogP contribution in [0.3, 0.4) is 0 Å². The lowest BCUT2D eigenvalue weighted by Gasteiger charge is -2.45. The van der Waals surface area contributed by atoms with Gasteiger partial charge in [0.2, 0.25) is 0 Å². The molecule has 5 aliphatic heterocycles. The molecule has 0 fully saturated rings. The van der Waals surface area contributed by atoms with Crippen LogP contribution in [0.1, 0.15) is 83.1 Å². The van der Waals surface area contributed by atoms with Gasteiger partial charge in [0, 0.05) is 58.7 Å². The van der Waals surface area contributed by atoms with Crippen LogP contribution in [0.15, 0.2) is 66.7 Å². The van der Waals surface area contributed by atoms with Crippen molar-refractivity contribution in [2.24, 2.45) is 0 Å². The van der Waals surface area contributed by atoms with Gasteiger partial charge in [-0.1, -0.05) is 53.7 Å². The average molecular weight is 833 g/mol. The molecule has 11 rings (SSSR count). The molecule has 0 bridgehead atoms. The first-order valence-electron chi connectivity index (χ1n) is 21.9. The number of nitrogens with zero attached hydrogens (tertiary/aromatic N) is 2. The summed E-state index contributed by atoms with van der Waals surface area (Å²) in [6, 6.07) is 25.1. The first-order valence-corrected chi connectivity index (χ1v) is 22.8. The smallest absolute Gasteiger partial charge is 0.254 e. The highest BCUT2D eigenvalue weighted by molar-refractivity contribution is 7.26. The van der Waals surface area contributed by atoms with E-state index in [1.165, 1.54) is 48.3 Å². The van der Waals surface area contributed by atoms with Crippen LogP contribution in [0.5, 0.6) is 34.5 Å². The molecule has 5 aromatic carbocycles. The van der Waals surface area contributed by atoms with E-state index in [9.17, 15) is 0 Å². The number of hydrogen-bond donors (Lipinski definition) is 0.